The number of nitrogens with one attached hydrogen (secondary N) is 3. The zero-order chi connectivity index (χ0) is 19.5. The van der Waals surface area contributed by atoms with Crippen LogP contribution in [-0.4, -0.2) is 38.6 Å². The largest absolute Gasteiger partial charge is 0.496 e. The fraction of sp³-hybridized carbons (Fsp3) is 0.300. The molecule has 0 aromatic heterocycles. The number of guanidine groups is 1. The molecule has 3 N–H and O–H groups in total. The van der Waals surface area contributed by atoms with Gasteiger partial charge in [0.2, 0.25) is 0 Å². The van der Waals surface area contributed by atoms with E-state index in [2.05, 4.69) is 20.9 Å². The summed E-state index contributed by atoms with van der Waals surface area (Å²) in [6, 6.07) is 14.8. The minimum Gasteiger partial charge on any atom is -0.496 e. The Morgan fingerprint density at radius 3 is 2.43 bits per heavy atom. The SMILES string of the molecule is CCNC(=NCc1ccccc1OC)NCCNC(=O)c1ccccc1Cl.I. The number of benzene rings is 2. The first kappa shape index (κ1) is 24.0. The van der Waals surface area contributed by atoms with Crippen molar-refractivity contribution in [3.63, 3.8) is 0 Å². The summed E-state index contributed by atoms with van der Waals surface area (Å²) in [5.41, 5.74) is 1.47. The van der Waals surface area contributed by atoms with Gasteiger partial charge in [0.1, 0.15) is 5.75 Å². The number of nitrogens with zero attached hydrogens (tertiary/aromatic N) is 1. The normalized spacial score (nSPS) is 10.6. The van der Waals surface area contributed by atoms with Gasteiger partial charge >= 0.3 is 0 Å². The number of methoxy groups -OCH3 is 1. The molecule has 2 aromatic rings. The monoisotopic (exact) mass is 516 g/mol. The van der Waals surface area contributed by atoms with Gasteiger partial charge < -0.3 is 20.7 Å². The number of para-hydroxylation sites is 1. The molecule has 0 unspecified atom stereocenters. The predicted molar refractivity (Wildman–Crippen MR) is 125 cm³/mol. The number of ether oxygens (including phenoxy) is 1. The molecule has 2 aromatic carbocycles. The molecule has 0 heterocycles. The van der Waals surface area contributed by atoms with Crippen molar-refractivity contribution in [2.75, 3.05) is 26.7 Å². The number of carbonyl (C=O) groups excluding carboxylic acids is 1. The molecular weight excluding hydrogens is 491 g/mol. The standard InChI is InChI=1S/C20H25ClN4O2.HI/c1-3-22-20(25-14-15-8-4-7-11-18(15)27-2)24-13-12-23-19(26)16-9-5-6-10-17(16)21;/h4-11H,3,12-14H2,1-2H3,(H,23,26)(H2,22,24,25);1H. The smallest absolute Gasteiger partial charge is 0.252 e. The molecule has 0 fully saturated rings. The van der Waals surface area contributed by atoms with E-state index in [1.54, 1.807) is 31.4 Å². The maximum Gasteiger partial charge on any atom is 0.252 e. The predicted octanol–water partition coefficient (Wildman–Crippen LogP) is 3.45. The van der Waals surface area contributed by atoms with Crippen LogP contribution in [0.4, 0.5) is 0 Å². The van der Waals surface area contributed by atoms with Gasteiger partial charge in [-0.15, -0.1) is 24.0 Å². The molecule has 2 rings (SSSR count). The third-order valence-corrected chi connectivity index (χ3v) is 4.10. The quantitative estimate of drug-likeness (QED) is 0.217. The van der Waals surface area contributed by atoms with Gasteiger partial charge in [0, 0.05) is 25.2 Å². The Morgan fingerprint density at radius 1 is 1.04 bits per heavy atom. The van der Waals surface area contributed by atoms with Crippen molar-refractivity contribution in [2.24, 2.45) is 4.99 Å². The van der Waals surface area contributed by atoms with Crippen molar-refractivity contribution in [3.05, 3.63) is 64.7 Å². The van der Waals surface area contributed by atoms with E-state index < -0.39 is 0 Å². The van der Waals surface area contributed by atoms with Crippen LogP contribution in [0.3, 0.4) is 0 Å². The lowest BCUT2D eigenvalue weighted by atomic mass is 10.2. The first-order chi connectivity index (χ1) is 13.2. The van der Waals surface area contributed by atoms with Crippen molar-refractivity contribution >= 4 is 47.4 Å². The summed E-state index contributed by atoms with van der Waals surface area (Å²) in [5.74, 6) is 1.29. The summed E-state index contributed by atoms with van der Waals surface area (Å²) in [6.07, 6.45) is 0. The van der Waals surface area contributed by atoms with E-state index in [9.17, 15) is 4.79 Å². The molecule has 0 saturated carbocycles. The van der Waals surface area contributed by atoms with Gasteiger partial charge in [-0.1, -0.05) is 41.9 Å². The van der Waals surface area contributed by atoms with E-state index in [-0.39, 0.29) is 29.9 Å². The Labute approximate surface area is 188 Å². The van der Waals surface area contributed by atoms with Gasteiger partial charge in [-0.3, -0.25) is 4.79 Å². The van der Waals surface area contributed by atoms with E-state index in [1.807, 2.05) is 31.2 Å². The van der Waals surface area contributed by atoms with Crippen LogP contribution in [0.2, 0.25) is 5.02 Å². The van der Waals surface area contributed by atoms with Crippen molar-refractivity contribution in [3.8, 4) is 5.75 Å². The highest BCUT2D eigenvalue weighted by Gasteiger charge is 2.08. The van der Waals surface area contributed by atoms with Gasteiger partial charge in [-0.05, 0) is 25.1 Å². The second kappa shape index (κ2) is 13.2. The fourth-order valence-corrected chi connectivity index (χ4v) is 2.66. The minimum atomic E-state index is -0.196. The molecule has 8 heteroatoms. The number of amides is 1. The zero-order valence-electron chi connectivity index (χ0n) is 16.0. The van der Waals surface area contributed by atoms with Crippen LogP contribution in [0.5, 0.6) is 5.75 Å². The van der Waals surface area contributed by atoms with Gasteiger partial charge in [0.15, 0.2) is 5.96 Å². The molecule has 0 aliphatic rings. The summed E-state index contributed by atoms with van der Waals surface area (Å²) in [5, 5.41) is 9.66. The van der Waals surface area contributed by atoms with Crippen LogP contribution in [0, 0.1) is 0 Å². The van der Waals surface area contributed by atoms with Crippen LogP contribution >= 0.6 is 35.6 Å². The van der Waals surface area contributed by atoms with Crippen molar-refractivity contribution in [1.82, 2.24) is 16.0 Å². The number of hydrogen-bond acceptors (Lipinski definition) is 3. The molecule has 0 saturated heterocycles. The van der Waals surface area contributed by atoms with Gasteiger partial charge in [-0.25, -0.2) is 4.99 Å². The summed E-state index contributed by atoms with van der Waals surface area (Å²) in [4.78, 5) is 16.7. The van der Waals surface area contributed by atoms with E-state index in [4.69, 9.17) is 16.3 Å². The first-order valence-electron chi connectivity index (χ1n) is 8.82. The van der Waals surface area contributed by atoms with Crippen LogP contribution in [0.25, 0.3) is 0 Å². The number of halogens is 2. The van der Waals surface area contributed by atoms with Gasteiger partial charge in [0.25, 0.3) is 5.91 Å². The Morgan fingerprint density at radius 2 is 1.71 bits per heavy atom. The average molecular weight is 517 g/mol. The molecule has 0 radical (unpaired) electrons. The molecule has 0 aliphatic heterocycles. The fourth-order valence-electron chi connectivity index (χ4n) is 2.44. The second-order valence-electron chi connectivity index (χ2n) is 5.67. The van der Waals surface area contributed by atoms with E-state index in [1.165, 1.54) is 0 Å². The first-order valence-corrected chi connectivity index (χ1v) is 9.20. The highest BCUT2D eigenvalue weighted by atomic mass is 127. The Bertz CT molecular complexity index is 786. The minimum absolute atomic E-state index is 0. The molecular formula is C20H26ClIN4O2. The highest BCUT2D eigenvalue weighted by molar-refractivity contribution is 14.0. The summed E-state index contributed by atoms with van der Waals surface area (Å²) < 4.78 is 5.35. The van der Waals surface area contributed by atoms with Gasteiger partial charge in [-0.2, -0.15) is 0 Å². The number of carbonyl (C=O) groups is 1. The summed E-state index contributed by atoms with van der Waals surface area (Å²) in [6.45, 7) is 4.21. The highest BCUT2D eigenvalue weighted by Crippen LogP contribution is 2.17. The van der Waals surface area contributed by atoms with Crippen molar-refractivity contribution in [2.45, 2.75) is 13.5 Å². The third kappa shape index (κ3) is 7.55. The van der Waals surface area contributed by atoms with Crippen molar-refractivity contribution in [1.29, 1.82) is 0 Å². The lowest BCUT2D eigenvalue weighted by molar-refractivity contribution is 0.0954. The summed E-state index contributed by atoms with van der Waals surface area (Å²) in [7, 11) is 1.65. The van der Waals surface area contributed by atoms with E-state index >= 15 is 0 Å². The molecule has 28 heavy (non-hydrogen) atoms. The Kier molecular flexibility index (Phi) is 11.4. The topological polar surface area (TPSA) is 74.8 Å². The van der Waals surface area contributed by atoms with Crippen molar-refractivity contribution < 1.29 is 9.53 Å². The molecule has 0 spiro atoms. The third-order valence-electron chi connectivity index (χ3n) is 3.77. The van der Waals surface area contributed by atoms with E-state index in [0.29, 0.717) is 36.2 Å². The maximum atomic E-state index is 12.1. The summed E-state index contributed by atoms with van der Waals surface area (Å²) >= 11 is 6.03. The van der Waals surface area contributed by atoms with Crippen LogP contribution in [0.15, 0.2) is 53.5 Å². The molecule has 0 aliphatic carbocycles. The maximum absolute atomic E-state index is 12.1. The molecule has 0 bridgehead atoms. The number of hydrogen-bond donors (Lipinski definition) is 3. The second-order valence-corrected chi connectivity index (χ2v) is 6.08. The lowest BCUT2D eigenvalue weighted by Gasteiger charge is -2.13. The van der Waals surface area contributed by atoms with E-state index in [0.717, 1.165) is 17.9 Å². The molecule has 1 amide bonds. The van der Waals surface area contributed by atoms with Crippen LogP contribution in [-0.2, 0) is 6.54 Å². The molecule has 0 atom stereocenters. The zero-order valence-corrected chi connectivity index (χ0v) is 19.1. The average Bonchev–Trinajstić information content (AvgIpc) is 2.69. The van der Waals surface area contributed by atoms with Crippen LogP contribution in [0.1, 0.15) is 22.8 Å². The lowest BCUT2D eigenvalue weighted by Crippen LogP contribution is -2.41. The van der Waals surface area contributed by atoms with Crippen LogP contribution < -0.4 is 20.7 Å². The molecule has 152 valence electrons. The number of rotatable bonds is 8. The Hall–Kier alpha value is -2.00. The Balaban J connectivity index is 0.00000392. The van der Waals surface area contributed by atoms with Gasteiger partial charge in [0.05, 0.1) is 24.2 Å². The number of aliphatic imine (C=N–C) groups is 1. The molecule has 6 nitrogen and oxygen atoms in total.